The predicted octanol–water partition coefficient (Wildman–Crippen LogP) is 5.25. The third-order valence-electron chi connectivity index (χ3n) is 4.81. The number of para-hydroxylation sites is 1. The Kier molecular flexibility index (Phi) is 4.04. The van der Waals surface area contributed by atoms with Crippen LogP contribution in [-0.2, 0) is 0 Å². The second-order valence-electron chi connectivity index (χ2n) is 6.46. The van der Waals surface area contributed by atoms with Gasteiger partial charge in [0, 0.05) is 28.4 Å². The van der Waals surface area contributed by atoms with Crippen LogP contribution in [0.25, 0.3) is 21.8 Å². The molecular weight excluding hydrogens is 332 g/mol. The number of methoxy groups -OCH3 is 2. The normalized spacial score (nSPS) is 13.9. The first-order valence-electron chi connectivity index (χ1n) is 8.49. The Labute approximate surface area is 152 Å². The zero-order chi connectivity index (χ0) is 17.6. The summed E-state index contributed by atoms with van der Waals surface area (Å²) in [6.07, 6.45) is 2.58. The average Bonchev–Trinajstić information content (AvgIpc) is 3.25. The first-order valence-corrected chi connectivity index (χ1v) is 9.37. The summed E-state index contributed by atoms with van der Waals surface area (Å²) in [6, 6.07) is 8.84. The molecule has 0 N–H and O–H groups in total. The molecule has 3 aromatic rings. The summed E-state index contributed by atoms with van der Waals surface area (Å²) < 4.78 is 13.4. The molecule has 2 heterocycles. The number of hydrogen-bond donors (Lipinski definition) is 0. The van der Waals surface area contributed by atoms with Crippen LogP contribution < -0.4 is 9.47 Å². The van der Waals surface area contributed by atoms with Gasteiger partial charge in [-0.25, -0.2) is 4.98 Å². The highest BCUT2D eigenvalue weighted by atomic mass is 32.1. The maximum atomic E-state index is 5.56. The van der Waals surface area contributed by atoms with Crippen molar-refractivity contribution in [2.24, 2.45) is 0 Å². The van der Waals surface area contributed by atoms with Crippen molar-refractivity contribution in [1.82, 2.24) is 9.55 Å². The van der Waals surface area contributed by atoms with Gasteiger partial charge in [-0.1, -0.05) is 6.07 Å². The predicted molar refractivity (Wildman–Crippen MR) is 102 cm³/mol. The van der Waals surface area contributed by atoms with Crippen molar-refractivity contribution in [2.75, 3.05) is 14.2 Å². The van der Waals surface area contributed by atoms with Crippen molar-refractivity contribution in [2.45, 2.75) is 32.7 Å². The largest absolute Gasteiger partial charge is 0.493 e. The molecule has 0 saturated heterocycles. The third-order valence-corrected chi connectivity index (χ3v) is 5.69. The van der Waals surface area contributed by atoms with Crippen LogP contribution in [0.4, 0.5) is 0 Å². The zero-order valence-corrected chi connectivity index (χ0v) is 15.8. The summed E-state index contributed by atoms with van der Waals surface area (Å²) in [7, 11) is 3.32. The van der Waals surface area contributed by atoms with Crippen LogP contribution in [-0.4, -0.2) is 23.8 Å². The standard InChI is InChI=1S/C20H22N2O2S/c1-12-10-16(13(2)22(12)14-8-9-14)17-11-25-20(21-17)15-6-5-7-18(23-3)19(15)24-4/h5-7,10-11,14H,8-9H2,1-4H3. The molecule has 130 valence electrons. The van der Waals surface area contributed by atoms with Crippen LogP contribution in [0.2, 0.25) is 0 Å². The molecule has 0 radical (unpaired) electrons. The van der Waals surface area contributed by atoms with E-state index in [2.05, 4.69) is 29.9 Å². The van der Waals surface area contributed by atoms with Gasteiger partial charge in [0.1, 0.15) is 5.01 Å². The van der Waals surface area contributed by atoms with Crippen molar-refractivity contribution in [1.29, 1.82) is 0 Å². The van der Waals surface area contributed by atoms with Gasteiger partial charge in [0.25, 0.3) is 0 Å². The van der Waals surface area contributed by atoms with E-state index in [0.29, 0.717) is 6.04 Å². The Bertz CT molecular complexity index is 922. The molecule has 1 aliphatic rings. The van der Waals surface area contributed by atoms with Gasteiger partial charge in [-0.05, 0) is 44.9 Å². The quantitative estimate of drug-likeness (QED) is 0.628. The lowest BCUT2D eigenvalue weighted by atomic mass is 10.1. The van der Waals surface area contributed by atoms with Gasteiger partial charge < -0.3 is 14.0 Å². The van der Waals surface area contributed by atoms with Crippen LogP contribution in [0.3, 0.4) is 0 Å². The molecule has 1 aromatic carbocycles. The van der Waals surface area contributed by atoms with Gasteiger partial charge in [-0.15, -0.1) is 11.3 Å². The fourth-order valence-corrected chi connectivity index (χ4v) is 4.35. The maximum Gasteiger partial charge on any atom is 0.170 e. The van der Waals surface area contributed by atoms with Crippen LogP contribution in [0.1, 0.15) is 30.3 Å². The first-order chi connectivity index (χ1) is 12.1. The Hall–Kier alpha value is -2.27. The van der Waals surface area contributed by atoms with Crippen molar-refractivity contribution in [3.05, 3.63) is 41.0 Å². The fourth-order valence-electron chi connectivity index (χ4n) is 3.51. The van der Waals surface area contributed by atoms with Crippen molar-refractivity contribution >= 4 is 11.3 Å². The summed E-state index contributed by atoms with van der Waals surface area (Å²) >= 11 is 1.64. The summed E-state index contributed by atoms with van der Waals surface area (Å²) in [6.45, 7) is 4.39. The van der Waals surface area contributed by atoms with Crippen molar-refractivity contribution in [3.63, 3.8) is 0 Å². The van der Waals surface area contributed by atoms with Crippen LogP contribution in [0, 0.1) is 13.8 Å². The Morgan fingerprint density at radius 3 is 2.60 bits per heavy atom. The van der Waals surface area contributed by atoms with Crippen LogP contribution >= 0.6 is 11.3 Å². The maximum absolute atomic E-state index is 5.56. The minimum Gasteiger partial charge on any atom is -0.493 e. The van der Waals surface area contributed by atoms with Crippen LogP contribution in [0.5, 0.6) is 11.5 Å². The van der Waals surface area contributed by atoms with E-state index in [0.717, 1.165) is 27.8 Å². The molecule has 0 unspecified atom stereocenters. The SMILES string of the molecule is COc1cccc(-c2nc(-c3cc(C)n(C4CC4)c3C)cs2)c1OC. The lowest BCUT2D eigenvalue weighted by Crippen LogP contribution is -1.98. The Morgan fingerprint density at radius 2 is 1.92 bits per heavy atom. The van der Waals surface area contributed by atoms with E-state index in [1.807, 2.05) is 18.2 Å². The fraction of sp³-hybridized carbons (Fsp3) is 0.350. The van der Waals surface area contributed by atoms with Gasteiger partial charge in [0.15, 0.2) is 11.5 Å². The van der Waals surface area contributed by atoms with E-state index in [-0.39, 0.29) is 0 Å². The van der Waals surface area contributed by atoms with E-state index in [1.165, 1.54) is 29.8 Å². The number of hydrogen-bond acceptors (Lipinski definition) is 4. The third kappa shape index (κ3) is 2.72. The number of ether oxygens (including phenoxy) is 2. The first kappa shape index (κ1) is 16.2. The molecule has 25 heavy (non-hydrogen) atoms. The van der Waals surface area contributed by atoms with Crippen molar-refractivity contribution < 1.29 is 9.47 Å². The summed E-state index contributed by atoms with van der Waals surface area (Å²) in [5.41, 5.74) is 5.87. The molecule has 5 heteroatoms. The molecule has 0 bridgehead atoms. The summed E-state index contributed by atoms with van der Waals surface area (Å²) in [5.74, 6) is 1.46. The van der Waals surface area contributed by atoms with E-state index in [9.17, 15) is 0 Å². The van der Waals surface area contributed by atoms with E-state index >= 15 is 0 Å². The van der Waals surface area contributed by atoms with Gasteiger partial charge >= 0.3 is 0 Å². The molecule has 1 fully saturated rings. The smallest absolute Gasteiger partial charge is 0.170 e. The number of nitrogens with zero attached hydrogens (tertiary/aromatic N) is 2. The van der Waals surface area contributed by atoms with E-state index in [4.69, 9.17) is 14.5 Å². The Balaban J connectivity index is 1.76. The number of rotatable bonds is 5. The number of benzene rings is 1. The van der Waals surface area contributed by atoms with Gasteiger partial charge in [0.2, 0.25) is 0 Å². The molecule has 0 amide bonds. The second kappa shape index (κ2) is 6.23. The molecule has 4 rings (SSSR count). The number of thiazole rings is 1. The van der Waals surface area contributed by atoms with Gasteiger partial charge in [-0.2, -0.15) is 0 Å². The lowest BCUT2D eigenvalue weighted by Gasteiger charge is -2.10. The summed E-state index contributed by atoms with van der Waals surface area (Å²) in [4.78, 5) is 4.90. The molecule has 0 atom stereocenters. The molecular formula is C20H22N2O2S. The molecule has 2 aromatic heterocycles. The van der Waals surface area contributed by atoms with Gasteiger partial charge in [-0.3, -0.25) is 0 Å². The molecule has 1 aliphatic carbocycles. The number of aryl methyl sites for hydroxylation is 1. The average molecular weight is 354 g/mol. The van der Waals surface area contributed by atoms with Crippen molar-refractivity contribution in [3.8, 4) is 33.3 Å². The monoisotopic (exact) mass is 354 g/mol. The number of aromatic nitrogens is 2. The summed E-state index contributed by atoms with van der Waals surface area (Å²) in [5, 5.41) is 3.08. The lowest BCUT2D eigenvalue weighted by molar-refractivity contribution is 0.356. The molecule has 0 aliphatic heterocycles. The Morgan fingerprint density at radius 1 is 1.12 bits per heavy atom. The topological polar surface area (TPSA) is 36.3 Å². The van der Waals surface area contributed by atoms with Gasteiger partial charge in [0.05, 0.1) is 25.5 Å². The molecule has 1 saturated carbocycles. The molecule has 0 spiro atoms. The molecule has 4 nitrogen and oxygen atoms in total. The van der Waals surface area contributed by atoms with E-state index in [1.54, 1.807) is 25.6 Å². The highest BCUT2D eigenvalue weighted by Gasteiger charge is 2.27. The highest BCUT2D eigenvalue weighted by Crippen LogP contribution is 2.43. The second-order valence-corrected chi connectivity index (χ2v) is 7.32. The van der Waals surface area contributed by atoms with E-state index < -0.39 is 0 Å². The zero-order valence-electron chi connectivity index (χ0n) is 15.0. The highest BCUT2D eigenvalue weighted by molar-refractivity contribution is 7.13. The minimum absolute atomic E-state index is 0.685. The minimum atomic E-state index is 0.685. The van der Waals surface area contributed by atoms with Crippen LogP contribution in [0.15, 0.2) is 29.6 Å².